The van der Waals surface area contributed by atoms with Crippen LogP contribution in [0.5, 0.6) is 0 Å². The summed E-state index contributed by atoms with van der Waals surface area (Å²) < 4.78 is 48.3. The Balaban J connectivity index is 1.81. The number of tetrazole rings is 1. The lowest BCUT2D eigenvalue weighted by molar-refractivity contribution is 0.592. The molecule has 2 aromatic carbocycles. The molecule has 11 nitrogen and oxygen atoms in total. The van der Waals surface area contributed by atoms with Gasteiger partial charge < -0.3 is 5.73 Å². The number of fused-ring (bicyclic) bond motifs is 1. The maximum atomic E-state index is 12.3. The first-order valence-corrected chi connectivity index (χ1v) is 12.2. The van der Waals surface area contributed by atoms with E-state index in [1.165, 1.54) is 23.0 Å². The van der Waals surface area contributed by atoms with Crippen LogP contribution in [0.25, 0.3) is 28.0 Å². The van der Waals surface area contributed by atoms with E-state index in [9.17, 15) is 16.8 Å². The van der Waals surface area contributed by atoms with Crippen LogP contribution in [0.4, 0.5) is 0 Å². The Morgan fingerprint density at radius 2 is 1.71 bits per heavy atom. The van der Waals surface area contributed by atoms with E-state index in [1.54, 1.807) is 36.4 Å². The summed E-state index contributed by atoms with van der Waals surface area (Å²) >= 11 is 0. The summed E-state index contributed by atoms with van der Waals surface area (Å²) in [5.41, 5.74) is 6.49. The SMILES string of the molecule is NCCS(=O)(=O)c1ccc2c(-n3nnc(-c4ccccc4S(N)(=O)=O)n3)cccc2n1. The Labute approximate surface area is 177 Å². The molecule has 31 heavy (non-hydrogen) atoms. The molecule has 0 bridgehead atoms. The summed E-state index contributed by atoms with van der Waals surface area (Å²) in [5, 5.41) is 18.0. The first-order valence-electron chi connectivity index (χ1n) is 8.96. The van der Waals surface area contributed by atoms with Crippen LogP contribution >= 0.6 is 0 Å². The lowest BCUT2D eigenvalue weighted by Gasteiger charge is -2.07. The molecule has 0 amide bonds. The third-order valence-electron chi connectivity index (χ3n) is 4.45. The van der Waals surface area contributed by atoms with Gasteiger partial charge in [-0.25, -0.2) is 27.0 Å². The topological polar surface area (TPSA) is 177 Å². The van der Waals surface area contributed by atoms with Crippen LogP contribution in [0.1, 0.15) is 0 Å². The van der Waals surface area contributed by atoms with E-state index in [2.05, 4.69) is 20.4 Å². The summed E-state index contributed by atoms with van der Waals surface area (Å²) in [6, 6.07) is 14.1. The molecule has 2 heterocycles. The lowest BCUT2D eigenvalue weighted by Crippen LogP contribution is -2.16. The van der Waals surface area contributed by atoms with Crippen molar-refractivity contribution in [3.05, 3.63) is 54.6 Å². The van der Waals surface area contributed by atoms with Gasteiger partial charge in [0.05, 0.1) is 21.9 Å². The van der Waals surface area contributed by atoms with Gasteiger partial charge in [-0.2, -0.15) is 0 Å². The minimum Gasteiger partial charge on any atom is -0.329 e. The molecule has 0 saturated heterocycles. The minimum atomic E-state index is -3.99. The van der Waals surface area contributed by atoms with Gasteiger partial charge in [-0.15, -0.1) is 15.0 Å². The van der Waals surface area contributed by atoms with Crippen LogP contribution in [0.3, 0.4) is 0 Å². The number of pyridine rings is 1. The molecule has 0 radical (unpaired) electrons. The second kappa shape index (κ2) is 7.77. The van der Waals surface area contributed by atoms with Gasteiger partial charge in [0, 0.05) is 17.5 Å². The Morgan fingerprint density at radius 3 is 2.45 bits per heavy atom. The van der Waals surface area contributed by atoms with Crippen LogP contribution in [-0.2, 0) is 19.9 Å². The van der Waals surface area contributed by atoms with Gasteiger partial charge in [0.25, 0.3) is 0 Å². The number of primary sulfonamides is 1. The number of hydrogen-bond donors (Lipinski definition) is 2. The third kappa shape index (κ3) is 4.03. The van der Waals surface area contributed by atoms with Gasteiger partial charge in [-0.3, -0.25) is 0 Å². The Morgan fingerprint density at radius 1 is 0.935 bits per heavy atom. The minimum absolute atomic E-state index is 0.00621. The summed E-state index contributed by atoms with van der Waals surface area (Å²) in [5.74, 6) is -0.139. The van der Waals surface area contributed by atoms with Crippen LogP contribution in [0.2, 0.25) is 0 Å². The first kappa shape index (κ1) is 21.0. The van der Waals surface area contributed by atoms with E-state index in [0.717, 1.165) is 0 Å². The third-order valence-corrected chi connectivity index (χ3v) is 7.06. The van der Waals surface area contributed by atoms with Crippen molar-refractivity contribution in [2.75, 3.05) is 12.3 Å². The quantitative estimate of drug-likeness (QED) is 0.409. The first-order chi connectivity index (χ1) is 14.7. The normalized spacial score (nSPS) is 12.3. The number of hydrogen-bond acceptors (Lipinski definition) is 9. The molecule has 0 fully saturated rings. The van der Waals surface area contributed by atoms with Crippen molar-refractivity contribution in [2.24, 2.45) is 10.9 Å². The van der Waals surface area contributed by atoms with E-state index in [-0.39, 0.29) is 33.6 Å². The zero-order chi connectivity index (χ0) is 22.2. The predicted molar refractivity (Wildman–Crippen MR) is 112 cm³/mol. The van der Waals surface area contributed by atoms with Crippen LogP contribution in [0, 0.1) is 0 Å². The molecule has 13 heteroatoms. The molecule has 4 N–H and O–H groups in total. The molecule has 0 aliphatic carbocycles. The van der Waals surface area contributed by atoms with Gasteiger partial charge in [-0.1, -0.05) is 18.2 Å². The fraction of sp³-hybridized carbons (Fsp3) is 0.111. The number of sulfonamides is 1. The molecule has 160 valence electrons. The van der Waals surface area contributed by atoms with Crippen LogP contribution in [0.15, 0.2) is 64.5 Å². The van der Waals surface area contributed by atoms with E-state index in [4.69, 9.17) is 10.9 Å². The average molecular weight is 460 g/mol. The number of rotatable bonds is 6. The highest BCUT2D eigenvalue weighted by Gasteiger charge is 2.20. The highest BCUT2D eigenvalue weighted by molar-refractivity contribution is 7.91. The van der Waals surface area contributed by atoms with Gasteiger partial charge in [0.1, 0.15) is 0 Å². The van der Waals surface area contributed by atoms with Crippen LogP contribution in [-0.4, -0.2) is 54.3 Å². The summed E-state index contributed by atoms with van der Waals surface area (Å²) in [6.07, 6.45) is 0. The molecule has 0 spiro atoms. The number of aromatic nitrogens is 5. The summed E-state index contributed by atoms with van der Waals surface area (Å²) in [6.45, 7) is -0.00621. The number of sulfone groups is 1. The maximum Gasteiger partial charge on any atom is 0.238 e. The lowest BCUT2D eigenvalue weighted by atomic mass is 10.2. The molecule has 0 aliphatic rings. The highest BCUT2D eigenvalue weighted by atomic mass is 32.2. The predicted octanol–water partition coefficient (Wildman–Crippen LogP) is 0.257. The molecular formula is C18H17N7O4S2. The zero-order valence-electron chi connectivity index (χ0n) is 16.0. The Bertz CT molecular complexity index is 1500. The fourth-order valence-corrected chi connectivity index (χ4v) is 4.82. The number of nitrogens with zero attached hydrogens (tertiary/aromatic N) is 5. The van der Waals surface area contributed by atoms with Crippen molar-refractivity contribution in [1.29, 1.82) is 0 Å². The molecular weight excluding hydrogens is 442 g/mol. The van der Waals surface area contributed by atoms with Crippen molar-refractivity contribution in [2.45, 2.75) is 9.92 Å². The maximum absolute atomic E-state index is 12.3. The van der Waals surface area contributed by atoms with Crippen molar-refractivity contribution in [1.82, 2.24) is 25.2 Å². The smallest absolute Gasteiger partial charge is 0.238 e. The van der Waals surface area contributed by atoms with Crippen molar-refractivity contribution < 1.29 is 16.8 Å². The largest absolute Gasteiger partial charge is 0.329 e. The van der Waals surface area contributed by atoms with E-state index < -0.39 is 19.9 Å². The average Bonchev–Trinajstić information content (AvgIpc) is 3.22. The molecule has 4 aromatic rings. The molecule has 4 rings (SSSR count). The fourth-order valence-electron chi connectivity index (χ4n) is 3.05. The number of benzene rings is 2. The Hall–Kier alpha value is -3.26. The standard InChI is InChI=1S/C18H17N7O4S2/c19-10-11-30(26,27)17-9-8-12-14(21-17)5-3-6-15(12)25-23-18(22-24-25)13-4-1-2-7-16(13)31(20,28)29/h1-9H,10-11,19H2,(H2,20,28,29). The van der Waals surface area contributed by atoms with Gasteiger partial charge in [0.2, 0.25) is 15.8 Å². The van der Waals surface area contributed by atoms with Crippen molar-refractivity contribution in [3.8, 4) is 17.1 Å². The summed E-state index contributed by atoms with van der Waals surface area (Å²) in [4.78, 5) is 5.33. The van der Waals surface area contributed by atoms with Crippen molar-refractivity contribution in [3.63, 3.8) is 0 Å². The number of nitrogens with two attached hydrogens (primary N) is 2. The van der Waals surface area contributed by atoms with E-state index in [1.807, 2.05) is 0 Å². The monoisotopic (exact) mass is 459 g/mol. The highest BCUT2D eigenvalue weighted by Crippen LogP contribution is 2.25. The van der Waals surface area contributed by atoms with Crippen molar-refractivity contribution >= 4 is 30.8 Å². The summed E-state index contributed by atoms with van der Waals surface area (Å²) in [7, 11) is -7.57. The molecule has 2 aromatic heterocycles. The van der Waals surface area contributed by atoms with Gasteiger partial charge in [-0.05, 0) is 41.6 Å². The molecule has 0 atom stereocenters. The second-order valence-corrected chi connectivity index (χ2v) is 10.1. The molecule has 0 saturated carbocycles. The second-order valence-electron chi connectivity index (χ2n) is 6.54. The van der Waals surface area contributed by atoms with E-state index >= 15 is 0 Å². The van der Waals surface area contributed by atoms with Crippen LogP contribution < -0.4 is 10.9 Å². The Kier molecular flexibility index (Phi) is 5.26. The van der Waals surface area contributed by atoms with Gasteiger partial charge in [0.15, 0.2) is 14.9 Å². The zero-order valence-corrected chi connectivity index (χ0v) is 17.6. The van der Waals surface area contributed by atoms with Gasteiger partial charge >= 0.3 is 0 Å². The van der Waals surface area contributed by atoms with E-state index in [0.29, 0.717) is 16.6 Å². The molecule has 0 aliphatic heterocycles. The molecule has 0 unspecified atom stereocenters.